The number of benzene rings is 1. The Hall–Kier alpha value is -1.87. The Morgan fingerprint density at radius 3 is 2.65 bits per heavy atom. The van der Waals surface area contributed by atoms with Crippen molar-refractivity contribution in [2.75, 3.05) is 11.9 Å². The zero-order valence-electron chi connectivity index (χ0n) is 9.80. The number of pyridine rings is 1. The molecule has 1 heterocycles. The topological polar surface area (TPSA) is 45.1 Å². The Bertz CT molecular complexity index is 453. The van der Waals surface area contributed by atoms with E-state index >= 15 is 0 Å². The van der Waals surface area contributed by atoms with Crippen LogP contribution in [0, 0.1) is 6.92 Å². The van der Waals surface area contributed by atoms with Gasteiger partial charge in [0, 0.05) is 30.2 Å². The van der Waals surface area contributed by atoms with Crippen LogP contribution >= 0.6 is 0 Å². The molecule has 0 bridgehead atoms. The molecular weight excluding hydrogens is 212 g/mol. The van der Waals surface area contributed by atoms with Crippen molar-refractivity contribution in [2.24, 2.45) is 0 Å². The van der Waals surface area contributed by atoms with Crippen molar-refractivity contribution >= 4 is 5.69 Å². The molecule has 1 aromatic heterocycles. The molecule has 0 spiro atoms. The second kappa shape index (κ2) is 5.46. The van der Waals surface area contributed by atoms with Crippen molar-refractivity contribution in [3.8, 4) is 0 Å². The highest BCUT2D eigenvalue weighted by Gasteiger charge is 2.06. The van der Waals surface area contributed by atoms with Crippen LogP contribution < -0.4 is 5.32 Å². The monoisotopic (exact) mass is 228 g/mol. The van der Waals surface area contributed by atoms with Gasteiger partial charge in [0.25, 0.3) is 0 Å². The molecule has 0 aliphatic heterocycles. The molecule has 1 unspecified atom stereocenters. The van der Waals surface area contributed by atoms with Gasteiger partial charge in [-0.3, -0.25) is 4.98 Å². The molecule has 0 aliphatic rings. The van der Waals surface area contributed by atoms with Crippen molar-refractivity contribution < 1.29 is 5.11 Å². The molecule has 1 aromatic carbocycles. The van der Waals surface area contributed by atoms with Gasteiger partial charge < -0.3 is 10.4 Å². The maximum Gasteiger partial charge on any atom is 0.0977 e. The van der Waals surface area contributed by atoms with Crippen molar-refractivity contribution in [1.82, 2.24) is 4.98 Å². The third-order valence-electron chi connectivity index (χ3n) is 2.62. The van der Waals surface area contributed by atoms with Crippen molar-refractivity contribution in [3.63, 3.8) is 0 Å². The molecule has 2 aromatic rings. The zero-order valence-corrected chi connectivity index (χ0v) is 9.80. The lowest BCUT2D eigenvalue weighted by Crippen LogP contribution is -2.12. The molecule has 0 fully saturated rings. The zero-order chi connectivity index (χ0) is 12.1. The van der Waals surface area contributed by atoms with E-state index in [1.807, 2.05) is 43.3 Å². The van der Waals surface area contributed by atoms with Crippen LogP contribution in [-0.2, 0) is 0 Å². The Kier molecular flexibility index (Phi) is 3.73. The van der Waals surface area contributed by atoms with Crippen LogP contribution in [0.2, 0.25) is 0 Å². The summed E-state index contributed by atoms with van der Waals surface area (Å²) in [7, 11) is 0. The summed E-state index contributed by atoms with van der Waals surface area (Å²) in [6.07, 6.45) is 2.84. The fourth-order valence-electron chi connectivity index (χ4n) is 1.58. The highest BCUT2D eigenvalue weighted by molar-refractivity contribution is 5.44. The first kappa shape index (κ1) is 11.6. The van der Waals surface area contributed by atoms with E-state index < -0.39 is 6.10 Å². The third-order valence-corrected chi connectivity index (χ3v) is 2.62. The minimum absolute atomic E-state index is 0.481. The van der Waals surface area contributed by atoms with E-state index in [9.17, 15) is 5.11 Å². The van der Waals surface area contributed by atoms with Gasteiger partial charge >= 0.3 is 0 Å². The standard InChI is InChI=1S/C14H16N2O/c1-11-4-6-13(7-5-11)16-10-14(17)12-3-2-8-15-9-12/h2-9,14,16-17H,10H2,1H3. The first-order valence-corrected chi connectivity index (χ1v) is 5.64. The number of rotatable bonds is 4. The number of nitrogens with zero attached hydrogens (tertiary/aromatic N) is 1. The third kappa shape index (κ3) is 3.29. The lowest BCUT2D eigenvalue weighted by molar-refractivity contribution is 0.191. The molecule has 0 saturated carbocycles. The molecule has 2 N–H and O–H groups in total. The summed E-state index contributed by atoms with van der Waals surface area (Å²) < 4.78 is 0. The average molecular weight is 228 g/mol. The lowest BCUT2D eigenvalue weighted by Gasteiger charge is -2.12. The van der Waals surface area contributed by atoms with Crippen LogP contribution in [0.15, 0.2) is 48.8 Å². The SMILES string of the molecule is Cc1ccc(NCC(O)c2cccnc2)cc1. The van der Waals surface area contributed by atoms with Gasteiger partial charge in [0.15, 0.2) is 0 Å². The van der Waals surface area contributed by atoms with E-state index in [1.165, 1.54) is 5.56 Å². The van der Waals surface area contributed by atoms with E-state index in [1.54, 1.807) is 12.4 Å². The quantitative estimate of drug-likeness (QED) is 0.845. The first-order chi connectivity index (χ1) is 8.25. The van der Waals surface area contributed by atoms with E-state index in [2.05, 4.69) is 10.3 Å². The van der Waals surface area contributed by atoms with Gasteiger partial charge in [-0.2, -0.15) is 0 Å². The number of hydrogen-bond donors (Lipinski definition) is 2. The summed E-state index contributed by atoms with van der Waals surface area (Å²) in [5.74, 6) is 0. The fraction of sp³-hybridized carbons (Fsp3) is 0.214. The second-order valence-electron chi connectivity index (χ2n) is 4.05. The highest BCUT2D eigenvalue weighted by atomic mass is 16.3. The van der Waals surface area contributed by atoms with Crippen molar-refractivity contribution in [1.29, 1.82) is 0 Å². The van der Waals surface area contributed by atoms with Gasteiger partial charge in [-0.15, -0.1) is 0 Å². The van der Waals surface area contributed by atoms with E-state index in [0.29, 0.717) is 6.54 Å². The van der Waals surface area contributed by atoms with Crippen LogP contribution in [0.25, 0.3) is 0 Å². The number of nitrogens with one attached hydrogen (secondary N) is 1. The molecule has 17 heavy (non-hydrogen) atoms. The van der Waals surface area contributed by atoms with E-state index in [-0.39, 0.29) is 0 Å². The summed E-state index contributed by atoms with van der Waals surface area (Å²) in [6, 6.07) is 11.8. The van der Waals surface area contributed by atoms with Gasteiger partial charge in [0.05, 0.1) is 6.10 Å². The Balaban J connectivity index is 1.92. The number of aliphatic hydroxyl groups excluding tert-OH is 1. The summed E-state index contributed by atoms with van der Waals surface area (Å²) in [6.45, 7) is 2.53. The van der Waals surface area contributed by atoms with E-state index in [0.717, 1.165) is 11.3 Å². The molecule has 0 aliphatic carbocycles. The molecule has 88 valence electrons. The van der Waals surface area contributed by atoms with Gasteiger partial charge in [-0.05, 0) is 25.1 Å². The van der Waals surface area contributed by atoms with Crippen LogP contribution in [0.3, 0.4) is 0 Å². The average Bonchev–Trinajstić information content (AvgIpc) is 2.39. The van der Waals surface area contributed by atoms with Gasteiger partial charge in [-0.1, -0.05) is 23.8 Å². The maximum absolute atomic E-state index is 9.93. The van der Waals surface area contributed by atoms with Crippen molar-refractivity contribution in [3.05, 3.63) is 59.9 Å². The number of aryl methyl sites for hydroxylation is 1. The first-order valence-electron chi connectivity index (χ1n) is 5.64. The number of anilines is 1. The predicted molar refractivity (Wildman–Crippen MR) is 68.9 cm³/mol. The minimum atomic E-state index is -0.537. The molecule has 0 saturated heterocycles. The largest absolute Gasteiger partial charge is 0.387 e. The van der Waals surface area contributed by atoms with Crippen LogP contribution in [-0.4, -0.2) is 16.6 Å². The van der Waals surface area contributed by atoms with Crippen molar-refractivity contribution in [2.45, 2.75) is 13.0 Å². The molecule has 3 nitrogen and oxygen atoms in total. The van der Waals surface area contributed by atoms with Crippen LogP contribution in [0.1, 0.15) is 17.2 Å². The molecule has 1 atom stereocenters. The predicted octanol–water partition coefficient (Wildman–Crippen LogP) is 2.54. The summed E-state index contributed by atoms with van der Waals surface area (Å²) >= 11 is 0. The fourth-order valence-corrected chi connectivity index (χ4v) is 1.58. The van der Waals surface area contributed by atoms with Crippen LogP contribution in [0.5, 0.6) is 0 Å². The summed E-state index contributed by atoms with van der Waals surface area (Å²) in [5, 5.41) is 13.1. The second-order valence-corrected chi connectivity index (χ2v) is 4.05. The minimum Gasteiger partial charge on any atom is -0.387 e. The number of aliphatic hydroxyl groups is 1. The van der Waals surface area contributed by atoms with Gasteiger partial charge in [0.2, 0.25) is 0 Å². The normalized spacial score (nSPS) is 12.1. The molecule has 0 amide bonds. The Morgan fingerprint density at radius 1 is 1.24 bits per heavy atom. The Morgan fingerprint density at radius 2 is 2.00 bits per heavy atom. The molecular formula is C14H16N2O. The highest BCUT2D eigenvalue weighted by Crippen LogP contribution is 2.13. The lowest BCUT2D eigenvalue weighted by atomic mass is 10.1. The number of hydrogen-bond acceptors (Lipinski definition) is 3. The number of aromatic nitrogens is 1. The molecule has 2 rings (SSSR count). The molecule has 0 radical (unpaired) electrons. The van der Waals surface area contributed by atoms with Gasteiger partial charge in [-0.25, -0.2) is 0 Å². The Labute approximate surface area is 101 Å². The van der Waals surface area contributed by atoms with Crippen LogP contribution in [0.4, 0.5) is 5.69 Å². The van der Waals surface area contributed by atoms with E-state index in [4.69, 9.17) is 0 Å². The smallest absolute Gasteiger partial charge is 0.0977 e. The molecule has 3 heteroatoms. The summed E-state index contributed by atoms with van der Waals surface area (Å²) in [5.41, 5.74) is 3.06. The summed E-state index contributed by atoms with van der Waals surface area (Å²) in [4.78, 5) is 3.98. The van der Waals surface area contributed by atoms with Gasteiger partial charge in [0.1, 0.15) is 0 Å². The maximum atomic E-state index is 9.93.